The van der Waals surface area contributed by atoms with Crippen molar-refractivity contribution < 1.29 is 14.7 Å². The van der Waals surface area contributed by atoms with Gasteiger partial charge in [-0.25, -0.2) is 0 Å². The van der Waals surface area contributed by atoms with Gasteiger partial charge in [0.25, 0.3) is 0 Å². The van der Waals surface area contributed by atoms with Crippen LogP contribution < -0.4 is 4.90 Å². The van der Waals surface area contributed by atoms with Crippen molar-refractivity contribution >= 4 is 29.2 Å². The first-order valence-corrected chi connectivity index (χ1v) is 8.94. The third-order valence-electron chi connectivity index (χ3n) is 4.02. The Labute approximate surface area is 145 Å². The van der Waals surface area contributed by atoms with E-state index >= 15 is 0 Å². The second-order valence-electron chi connectivity index (χ2n) is 5.54. The summed E-state index contributed by atoms with van der Waals surface area (Å²) in [5, 5.41) is 12.6. The van der Waals surface area contributed by atoms with Gasteiger partial charge in [-0.3, -0.25) is 4.99 Å². The molecule has 1 aromatic heterocycles. The lowest BCUT2D eigenvalue weighted by molar-refractivity contribution is -0.937. The minimum atomic E-state index is 0.199. The molecular weight excluding hydrogens is 332 g/mol. The van der Waals surface area contributed by atoms with Gasteiger partial charge in [0.1, 0.15) is 24.9 Å². The third kappa shape index (κ3) is 4.32. The number of aromatic hydroxyl groups is 1. The molecule has 0 unspecified atom stereocenters. The van der Waals surface area contributed by atoms with Crippen LogP contribution in [-0.2, 0) is 4.74 Å². The number of hydrogen-bond acceptors (Lipinski definition) is 4. The van der Waals surface area contributed by atoms with E-state index in [0.29, 0.717) is 23.2 Å². The molecule has 1 fully saturated rings. The van der Waals surface area contributed by atoms with Crippen molar-refractivity contribution in [1.29, 1.82) is 0 Å². The summed E-state index contributed by atoms with van der Waals surface area (Å²) in [6.45, 7) is 4.29. The highest BCUT2D eigenvalue weighted by Crippen LogP contribution is 2.20. The van der Waals surface area contributed by atoms with E-state index in [4.69, 9.17) is 16.3 Å². The van der Waals surface area contributed by atoms with E-state index in [0.717, 1.165) is 26.3 Å². The average Bonchev–Trinajstić information content (AvgIpc) is 3.09. The van der Waals surface area contributed by atoms with Crippen LogP contribution in [0.5, 0.6) is 5.75 Å². The lowest BCUT2D eigenvalue weighted by Gasteiger charge is -2.30. The SMILES string of the molecule is Oc1ccc(Cl)cc1C=NC[C@H](c1cccs1)[NH+]1CCOCC1. The molecule has 0 spiro atoms. The molecular formula is C17H20ClN2O2S+. The molecule has 2 heterocycles. The molecule has 2 N–H and O–H groups in total. The van der Waals surface area contributed by atoms with Crippen molar-refractivity contribution in [3.8, 4) is 5.75 Å². The number of rotatable bonds is 5. The van der Waals surface area contributed by atoms with Crippen LogP contribution in [0, 0.1) is 0 Å². The van der Waals surface area contributed by atoms with Crippen LogP contribution in [0.15, 0.2) is 40.7 Å². The second-order valence-corrected chi connectivity index (χ2v) is 6.95. The summed E-state index contributed by atoms with van der Waals surface area (Å²) in [7, 11) is 0. The van der Waals surface area contributed by atoms with Gasteiger partial charge in [0.05, 0.1) is 24.6 Å². The molecule has 4 nitrogen and oxygen atoms in total. The van der Waals surface area contributed by atoms with Crippen LogP contribution in [0.4, 0.5) is 0 Å². The van der Waals surface area contributed by atoms with E-state index in [1.807, 2.05) is 0 Å². The number of phenols is 1. The number of ether oxygens (including phenoxy) is 1. The maximum atomic E-state index is 9.86. The molecule has 122 valence electrons. The first kappa shape index (κ1) is 16.5. The monoisotopic (exact) mass is 351 g/mol. The Balaban J connectivity index is 1.73. The number of quaternary nitrogens is 1. The topological polar surface area (TPSA) is 46.3 Å². The van der Waals surface area contributed by atoms with Gasteiger partial charge >= 0.3 is 0 Å². The van der Waals surface area contributed by atoms with E-state index in [1.165, 1.54) is 9.78 Å². The number of phenolic OH excluding ortho intramolecular Hbond substituents is 1. The number of aliphatic imine (C=N–C) groups is 1. The minimum Gasteiger partial charge on any atom is -0.507 e. The number of nitrogens with one attached hydrogen (secondary N) is 1. The first-order chi connectivity index (χ1) is 11.2. The van der Waals surface area contributed by atoms with Gasteiger partial charge in [-0.05, 0) is 29.6 Å². The van der Waals surface area contributed by atoms with Crippen molar-refractivity contribution in [2.45, 2.75) is 6.04 Å². The molecule has 0 saturated carbocycles. The van der Waals surface area contributed by atoms with Gasteiger partial charge in [-0.1, -0.05) is 17.7 Å². The Morgan fingerprint density at radius 1 is 1.35 bits per heavy atom. The number of halogens is 1. The Morgan fingerprint density at radius 3 is 2.91 bits per heavy atom. The molecule has 0 radical (unpaired) electrons. The Morgan fingerprint density at radius 2 is 2.17 bits per heavy atom. The summed E-state index contributed by atoms with van der Waals surface area (Å²) >= 11 is 7.74. The van der Waals surface area contributed by atoms with E-state index < -0.39 is 0 Å². The van der Waals surface area contributed by atoms with E-state index in [2.05, 4.69) is 22.5 Å². The summed E-state index contributed by atoms with van der Waals surface area (Å²) < 4.78 is 5.47. The van der Waals surface area contributed by atoms with Crippen LogP contribution in [0.3, 0.4) is 0 Å². The van der Waals surface area contributed by atoms with E-state index in [9.17, 15) is 5.11 Å². The maximum Gasteiger partial charge on any atom is 0.142 e. The molecule has 2 aromatic rings. The number of thiophene rings is 1. The molecule has 23 heavy (non-hydrogen) atoms. The molecule has 1 aromatic carbocycles. The first-order valence-electron chi connectivity index (χ1n) is 7.68. The van der Waals surface area contributed by atoms with Crippen LogP contribution in [0.1, 0.15) is 16.5 Å². The van der Waals surface area contributed by atoms with Gasteiger partial charge in [-0.2, -0.15) is 0 Å². The Kier molecular flexibility index (Phi) is 5.67. The van der Waals surface area contributed by atoms with Crippen LogP contribution in [0.25, 0.3) is 0 Å². The number of nitrogens with zero attached hydrogens (tertiary/aromatic N) is 1. The van der Waals surface area contributed by atoms with Gasteiger partial charge in [0, 0.05) is 16.8 Å². The summed E-state index contributed by atoms with van der Waals surface area (Å²) in [4.78, 5) is 7.42. The predicted molar refractivity (Wildman–Crippen MR) is 94.2 cm³/mol. The lowest BCUT2D eigenvalue weighted by Crippen LogP contribution is -3.14. The normalized spacial score (nSPS) is 17.6. The fourth-order valence-corrected chi connectivity index (χ4v) is 3.83. The summed E-state index contributed by atoms with van der Waals surface area (Å²) in [6, 6.07) is 9.57. The van der Waals surface area contributed by atoms with Gasteiger partial charge in [-0.15, -0.1) is 11.3 Å². The summed E-state index contributed by atoms with van der Waals surface area (Å²) in [6.07, 6.45) is 1.71. The van der Waals surface area contributed by atoms with Crippen LogP contribution >= 0.6 is 22.9 Å². The van der Waals surface area contributed by atoms with E-state index in [1.54, 1.807) is 35.8 Å². The van der Waals surface area contributed by atoms with Crippen molar-refractivity contribution in [3.05, 3.63) is 51.2 Å². The van der Waals surface area contributed by atoms with Crippen molar-refractivity contribution in [1.82, 2.24) is 0 Å². The van der Waals surface area contributed by atoms with Crippen molar-refractivity contribution in [2.24, 2.45) is 4.99 Å². The van der Waals surface area contributed by atoms with Gasteiger partial charge < -0.3 is 14.7 Å². The smallest absolute Gasteiger partial charge is 0.142 e. The molecule has 0 aliphatic carbocycles. The summed E-state index contributed by atoms with van der Waals surface area (Å²) in [5.41, 5.74) is 0.652. The molecule has 6 heteroatoms. The highest BCUT2D eigenvalue weighted by molar-refractivity contribution is 7.10. The number of benzene rings is 1. The second kappa shape index (κ2) is 7.93. The van der Waals surface area contributed by atoms with Gasteiger partial charge in [0.2, 0.25) is 0 Å². The van der Waals surface area contributed by atoms with Gasteiger partial charge in [0.15, 0.2) is 0 Å². The van der Waals surface area contributed by atoms with Crippen molar-refractivity contribution in [3.63, 3.8) is 0 Å². The largest absolute Gasteiger partial charge is 0.507 e. The average molecular weight is 352 g/mol. The molecule has 1 atom stereocenters. The standard InChI is InChI=1S/C17H19ClN2O2S/c18-14-3-4-16(21)13(10-14)11-19-12-15(17-2-1-9-23-17)20-5-7-22-8-6-20/h1-4,9-11,15,21H,5-8,12H2/p+1/t15-/m1/s1. The van der Waals surface area contributed by atoms with Crippen molar-refractivity contribution in [2.75, 3.05) is 32.8 Å². The zero-order valence-corrected chi connectivity index (χ0v) is 14.3. The molecule has 1 aliphatic rings. The maximum absolute atomic E-state index is 9.86. The predicted octanol–water partition coefficient (Wildman–Crippen LogP) is 2.18. The minimum absolute atomic E-state index is 0.199. The fraction of sp³-hybridized carbons (Fsp3) is 0.353. The zero-order chi connectivity index (χ0) is 16.1. The zero-order valence-electron chi connectivity index (χ0n) is 12.7. The highest BCUT2D eigenvalue weighted by Gasteiger charge is 2.26. The summed E-state index contributed by atoms with van der Waals surface area (Å²) in [5.74, 6) is 0.199. The fourth-order valence-electron chi connectivity index (χ4n) is 2.78. The Bertz CT molecular complexity index is 655. The number of morpholine rings is 1. The molecule has 1 aliphatic heterocycles. The number of hydrogen-bond donors (Lipinski definition) is 2. The molecule has 0 amide bonds. The van der Waals surface area contributed by atoms with E-state index in [-0.39, 0.29) is 5.75 Å². The highest BCUT2D eigenvalue weighted by atomic mass is 35.5. The molecule has 1 saturated heterocycles. The van der Waals surface area contributed by atoms with Crippen LogP contribution in [0.2, 0.25) is 5.02 Å². The molecule has 0 bridgehead atoms. The molecule has 3 rings (SSSR count). The third-order valence-corrected chi connectivity index (χ3v) is 5.24. The van der Waals surface area contributed by atoms with Crippen LogP contribution in [-0.4, -0.2) is 44.2 Å². The lowest BCUT2D eigenvalue weighted by atomic mass is 10.2. The quantitative estimate of drug-likeness (QED) is 0.811. The Hall–Kier alpha value is -1.40.